The van der Waals surface area contributed by atoms with Gasteiger partial charge >= 0.3 is 0 Å². The van der Waals surface area contributed by atoms with E-state index < -0.39 is 6.10 Å². The van der Waals surface area contributed by atoms with Crippen molar-refractivity contribution in [1.82, 2.24) is 0 Å². The number of aromatic hydroxyl groups is 1. The molecular weight excluding hydrogens is 316 g/mol. The fraction of sp³-hybridized carbons (Fsp3) is 0.176. The monoisotopic (exact) mass is 330 g/mol. The molecule has 0 aromatic heterocycles. The van der Waals surface area contributed by atoms with E-state index in [0.717, 1.165) is 11.1 Å². The summed E-state index contributed by atoms with van der Waals surface area (Å²) in [5.74, 6) is -0.356. The molecule has 118 valence electrons. The van der Waals surface area contributed by atoms with E-state index in [4.69, 9.17) is 16.4 Å². The third kappa shape index (κ3) is 3.29. The minimum absolute atomic E-state index is 0.00851. The van der Waals surface area contributed by atoms with Gasteiger partial charge in [0.2, 0.25) is 6.10 Å². The average Bonchev–Trinajstić information content (AvgIpc) is 3.01. The van der Waals surface area contributed by atoms with Crippen LogP contribution in [0.4, 0.5) is 5.69 Å². The van der Waals surface area contributed by atoms with Crippen molar-refractivity contribution in [2.24, 2.45) is 5.16 Å². The lowest BCUT2D eigenvalue weighted by atomic mass is 10.0. The molecule has 1 unspecified atom stereocenters. The van der Waals surface area contributed by atoms with E-state index in [2.05, 4.69) is 10.5 Å². The van der Waals surface area contributed by atoms with Gasteiger partial charge in [0.25, 0.3) is 5.91 Å². The normalized spacial score (nSPS) is 16.6. The maximum Gasteiger partial charge on any atom is 0.268 e. The van der Waals surface area contributed by atoms with Gasteiger partial charge in [-0.25, -0.2) is 0 Å². The fourth-order valence-corrected chi connectivity index (χ4v) is 2.58. The van der Waals surface area contributed by atoms with Gasteiger partial charge in [-0.2, -0.15) is 0 Å². The first kappa shape index (κ1) is 15.4. The number of phenols is 1. The molecule has 0 spiro atoms. The highest BCUT2D eigenvalue weighted by molar-refractivity contribution is 6.34. The maximum absolute atomic E-state index is 12.3. The molecule has 6 heteroatoms. The number of amides is 1. The van der Waals surface area contributed by atoms with Crippen LogP contribution >= 0.6 is 11.6 Å². The van der Waals surface area contributed by atoms with Gasteiger partial charge in [0, 0.05) is 17.0 Å². The quantitative estimate of drug-likeness (QED) is 0.846. The van der Waals surface area contributed by atoms with Crippen molar-refractivity contribution in [2.75, 3.05) is 5.32 Å². The summed E-state index contributed by atoms with van der Waals surface area (Å²) in [7, 11) is 0. The Morgan fingerprint density at radius 3 is 2.91 bits per heavy atom. The second-order valence-electron chi connectivity index (χ2n) is 5.33. The van der Waals surface area contributed by atoms with Crippen molar-refractivity contribution >= 4 is 28.9 Å². The maximum atomic E-state index is 12.3. The van der Waals surface area contributed by atoms with Gasteiger partial charge in [0.1, 0.15) is 5.75 Å². The van der Waals surface area contributed by atoms with Gasteiger partial charge in [-0.15, -0.1) is 0 Å². The number of nitrogens with one attached hydrogen (secondary N) is 1. The number of anilines is 1. The minimum Gasteiger partial charge on any atom is -0.506 e. The van der Waals surface area contributed by atoms with Crippen molar-refractivity contribution < 1.29 is 14.7 Å². The Bertz CT molecular complexity index is 789. The Labute approximate surface area is 138 Å². The van der Waals surface area contributed by atoms with Crippen LogP contribution in [0, 0.1) is 6.92 Å². The zero-order valence-electron chi connectivity index (χ0n) is 12.4. The van der Waals surface area contributed by atoms with Crippen LogP contribution < -0.4 is 5.32 Å². The first-order chi connectivity index (χ1) is 11.0. The standard InChI is InChI=1S/C17H15ClN2O3/c1-10-6-7-15(21)14(8-10)19-17(22)16-9-13(20-23-16)11-4-2-3-5-12(11)18/h2-8,16,21H,9H2,1H3,(H,19,22). The number of phenolic OH excluding ortho intramolecular Hbond substituents is 1. The average molecular weight is 331 g/mol. The first-order valence-electron chi connectivity index (χ1n) is 7.12. The number of carbonyl (C=O) groups is 1. The number of hydrogen-bond donors (Lipinski definition) is 2. The van der Waals surface area contributed by atoms with Gasteiger partial charge < -0.3 is 15.3 Å². The van der Waals surface area contributed by atoms with Gasteiger partial charge in [-0.3, -0.25) is 4.79 Å². The van der Waals surface area contributed by atoms with Crippen LogP contribution in [0.2, 0.25) is 5.02 Å². The molecule has 5 nitrogen and oxygen atoms in total. The van der Waals surface area contributed by atoms with Crippen LogP contribution in [0.25, 0.3) is 0 Å². The number of halogens is 1. The molecule has 3 rings (SSSR count). The van der Waals surface area contributed by atoms with Crippen molar-refractivity contribution in [1.29, 1.82) is 0 Å². The Morgan fingerprint density at radius 1 is 1.35 bits per heavy atom. The molecule has 0 fully saturated rings. The molecule has 23 heavy (non-hydrogen) atoms. The Morgan fingerprint density at radius 2 is 2.13 bits per heavy atom. The molecule has 1 amide bonds. The smallest absolute Gasteiger partial charge is 0.268 e. The van der Waals surface area contributed by atoms with Crippen molar-refractivity contribution in [3.8, 4) is 5.75 Å². The van der Waals surface area contributed by atoms with Gasteiger partial charge in [0.05, 0.1) is 11.4 Å². The molecule has 0 radical (unpaired) electrons. The number of benzene rings is 2. The molecule has 2 aromatic carbocycles. The van der Waals surface area contributed by atoms with Crippen LogP contribution in [-0.4, -0.2) is 22.8 Å². The largest absolute Gasteiger partial charge is 0.506 e. The summed E-state index contributed by atoms with van der Waals surface area (Å²) in [4.78, 5) is 17.5. The summed E-state index contributed by atoms with van der Waals surface area (Å²) in [5, 5.41) is 17.0. The highest BCUT2D eigenvalue weighted by atomic mass is 35.5. The summed E-state index contributed by atoms with van der Waals surface area (Å²) < 4.78 is 0. The topological polar surface area (TPSA) is 70.9 Å². The number of hydrogen-bond acceptors (Lipinski definition) is 4. The van der Waals surface area contributed by atoms with Crippen LogP contribution in [0.5, 0.6) is 5.75 Å². The lowest BCUT2D eigenvalue weighted by Gasteiger charge is -2.11. The van der Waals surface area contributed by atoms with Crippen LogP contribution in [0.3, 0.4) is 0 Å². The van der Waals surface area contributed by atoms with E-state index in [1.54, 1.807) is 18.2 Å². The number of aryl methyl sites for hydroxylation is 1. The highest BCUT2D eigenvalue weighted by Gasteiger charge is 2.30. The molecule has 0 aliphatic carbocycles. The molecule has 1 heterocycles. The third-order valence-corrected chi connectivity index (χ3v) is 3.89. The molecular formula is C17H15ClN2O3. The zero-order valence-corrected chi connectivity index (χ0v) is 13.2. The van der Waals surface area contributed by atoms with Crippen LogP contribution in [0.15, 0.2) is 47.6 Å². The molecule has 0 saturated heterocycles. The molecule has 0 bridgehead atoms. The summed E-state index contributed by atoms with van der Waals surface area (Å²) in [6.07, 6.45) is -0.427. The molecule has 2 aromatic rings. The second-order valence-corrected chi connectivity index (χ2v) is 5.73. The Kier molecular flexibility index (Phi) is 4.21. The Hall–Kier alpha value is -2.53. The number of oxime groups is 1. The lowest BCUT2D eigenvalue weighted by Crippen LogP contribution is -2.28. The van der Waals surface area contributed by atoms with Gasteiger partial charge in [-0.1, -0.05) is 41.0 Å². The number of rotatable bonds is 3. The molecule has 1 aliphatic rings. The zero-order chi connectivity index (χ0) is 16.4. The minimum atomic E-state index is -0.749. The lowest BCUT2D eigenvalue weighted by molar-refractivity contribution is -0.125. The summed E-state index contributed by atoms with van der Waals surface area (Å²) in [6.45, 7) is 1.87. The molecule has 0 saturated carbocycles. The number of nitrogens with zero attached hydrogens (tertiary/aromatic N) is 1. The van der Waals surface area contributed by atoms with Gasteiger partial charge in [0.15, 0.2) is 0 Å². The van der Waals surface area contributed by atoms with E-state index in [1.165, 1.54) is 6.07 Å². The highest BCUT2D eigenvalue weighted by Crippen LogP contribution is 2.26. The van der Waals surface area contributed by atoms with Gasteiger partial charge in [-0.05, 0) is 30.7 Å². The summed E-state index contributed by atoms with van der Waals surface area (Å²) in [6, 6.07) is 12.3. The number of carbonyl (C=O) groups excluding carboxylic acids is 1. The predicted octanol–water partition coefficient (Wildman–Crippen LogP) is 3.49. The SMILES string of the molecule is Cc1ccc(O)c(NC(=O)C2CC(c3ccccc3Cl)=NO2)c1. The van der Waals surface area contributed by atoms with E-state index >= 15 is 0 Å². The second kappa shape index (κ2) is 6.30. The molecule has 1 atom stereocenters. The van der Waals surface area contributed by atoms with E-state index in [9.17, 15) is 9.90 Å². The van der Waals surface area contributed by atoms with Crippen molar-refractivity contribution in [2.45, 2.75) is 19.4 Å². The third-order valence-electron chi connectivity index (χ3n) is 3.56. The van der Waals surface area contributed by atoms with E-state index in [0.29, 0.717) is 22.8 Å². The summed E-state index contributed by atoms with van der Waals surface area (Å²) in [5.41, 5.74) is 2.66. The van der Waals surface area contributed by atoms with Crippen LogP contribution in [0.1, 0.15) is 17.5 Å². The van der Waals surface area contributed by atoms with E-state index in [-0.39, 0.29) is 11.7 Å². The van der Waals surface area contributed by atoms with Crippen molar-refractivity contribution in [3.63, 3.8) is 0 Å². The van der Waals surface area contributed by atoms with E-state index in [1.807, 2.05) is 25.1 Å². The molecule has 1 aliphatic heterocycles. The predicted molar refractivity (Wildman–Crippen MR) is 89.0 cm³/mol. The molecule has 2 N–H and O–H groups in total. The summed E-state index contributed by atoms with van der Waals surface area (Å²) >= 11 is 6.13. The fourth-order valence-electron chi connectivity index (χ4n) is 2.34. The van der Waals surface area contributed by atoms with Crippen molar-refractivity contribution in [3.05, 3.63) is 58.6 Å². The first-order valence-corrected chi connectivity index (χ1v) is 7.50. The Balaban J connectivity index is 1.69. The van der Waals surface area contributed by atoms with Crippen LogP contribution in [-0.2, 0) is 9.63 Å².